The van der Waals surface area contributed by atoms with E-state index in [0.29, 0.717) is 40.7 Å². The van der Waals surface area contributed by atoms with Gasteiger partial charge in [0.15, 0.2) is 11.5 Å². The summed E-state index contributed by atoms with van der Waals surface area (Å²) in [4.78, 5) is 12.6. The van der Waals surface area contributed by atoms with E-state index in [1.54, 1.807) is 18.3 Å². The first-order valence-electron chi connectivity index (χ1n) is 11.1. The van der Waals surface area contributed by atoms with Crippen LogP contribution in [0.2, 0.25) is 10.0 Å². The van der Waals surface area contributed by atoms with Gasteiger partial charge in [0.2, 0.25) is 5.91 Å². The highest BCUT2D eigenvalue weighted by Gasteiger charge is 2.64. The molecule has 0 heterocycles. The molecule has 170 valence electrons. The number of hydrazone groups is 1. The van der Waals surface area contributed by atoms with Crippen molar-refractivity contribution in [3.8, 4) is 11.5 Å². The molecule has 0 spiro atoms. The minimum Gasteiger partial charge on any atom is -0.490 e. The number of fused-ring (bicyclic) bond motifs is 1. The lowest BCUT2D eigenvalue weighted by molar-refractivity contribution is -0.123. The van der Waals surface area contributed by atoms with Crippen LogP contribution in [-0.2, 0) is 11.4 Å². The minimum atomic E-state index is 0.0282. The number of benzene rings is 2. The monoisotopic (exact) mass is 474 g/mol. The lowest BCUT2D eigenvalue weighted by atomic mass is 9.90. The summed E-state index contributed by atoms with van der Waals surface area (Å²) in [6.45, 7) is 4.93. The second-order valence-electron chi connectivity index (χ2n) is 8.73. The molecule has 3 atom stereocenters. The number of amides is 1. The van der Waals surface area contributed by atoms with Gasteiger partial charge in [0.05, 0.1) is 12.8 Å². The third kappa shape index (κ3) is 4.89. The highest BCUT2D eigenvalue weighted by atomic mass is 35.5. The third-order valence-corrected chi connectivity index (χ3v) is 7.26. The first kappa shape index (κ1) is 22.9. The van der Waals surface area contributed by atoms with Crippen LogP contribution in [-0.4, -0.2) is 18.7 Å². The Morgan fingerprint density at radius 3 is 2.75 bits per heavy atom. The van der Waals surface area contributed by atoms with Gasteiger partial charge in [-0.25, -0.2) is 5.43 Å². The smallest absolute Gasteiger partial charge is 0.244 e. The third-order valence-electron chi connectivity index (χ3n) is 6.67. The number of hydrogen-bond acceptors (Lipinski definition) is 4. The maximum Gasteiger partial charge on any atom is 0.244 e. The molecule has 2 aliphatic carbocycles. The molecule has 2 aromatic rings. The molecule has 7 heteroatoms. The fourth-order valence-electron chi connectivity index (χ4n) is 4.88. The quantitative estimate of drug-likeness (QED) is 0.363. The Hall–Kier alpha value is -2.24. The molecular weight excluding hydrogens is 447 g/mol. The van der Waals surface area contributed by atoms with Crippen LogP contribution in [0.3, 0.4) is 0 Å². The van der Waals surface area contributed by atoms with Crippen molar-refractivity contribution in [3.63, 3.8) is 0 Å². The van der Waals surface area contributed by atoms with Crippen LogP contribution in [0.5, 0.6) is 11.5 Å². The lowest BCUT2D eigenvalue weighted by Gasteiger charge is -2.15. The number of hydrogen-bond donors (Lipinski definition) is 1. The average Bonchev–Trinajstić information content (AvgIpc) is 3.40. The molecule has 0 bridgehead atoms. The second kappa shape index (κ2) is 9.72. The van der Waals surface area contributed by atoms with Crippen molar-refractivity contribution in [2.45, 2.75) is 46.1 Å². The highest BCUT2D eigenvalue weighted by Crippen LogP contribution is 2.66. The van der Waals surface area contributed by atoms with Gasteiger partial charge in [-0.2, -0.15) is 5.10 Å². The summed E-state index contributed by atoms with van der Waals surface area (Å²) in [5.41, 5.74) is 4.55. The molecule has 0 unspecified atom stereocenters. The Bertz CT molecular complexity index is 1030. The number of nitrogens with zero attached hydrogens (tertiary/aromatic N) is 1. The summed E-state index contributed by atoms with van der Waals surface area (Å²) in [6, 6.07) is 10.8. The zero-order valence-corrected chi connectivity index (χ0v) is 19.9. The normalized spacial score (nSPS) is 24.1. The topological polar surface area (TPSA) is 59.9 Å². The van der Waals surface area contributed by atoms with E-state index in [4.69, 9.17) is 32.7 Å². The first-order chi connectivity index (χ1) is 15.4. The number of rotatable bonds is 8. The molecule has 0 aromatic heterocycles. The average molecular weight is 475 g/mol. The Morgan fingerprint density at radius 1 is 1.19 bits per heavy atom. The van der Waals surface area contributed by atoms with Crippen LogP contribution < -0.4 is 14.9 Å². The van der Waals surface area contributed by atoms with Gasteiger partial charge in [0.1, 0.15) is 6.61 Å². The number of carbonyl (C=O) groups excluding carboxylic acids is 1. The maximum absolute atomic E-state index is 12.6. The van der Waals surface area contributed by atoms with Crippen molar-refractivity contribution in [1.29, 1.82) is 0 Å². The van der Waals surface area contributed by atoms with Crippen molar-refractivity contribution in [1.82, 2.24) is 5.43 Å². The fraction of sp³-hybridized carbons (Fsp3) is 0.440. The molecule has 5 nitrogen and oxygen atoms in total. The van der Waals surface area contributed by atoms with Gasteiger partial charge >= 0.3 is 0 Å². The molecule has 0 saturated heterocycles. The SMILES string of the molecule is CCOc1cc(/C=N\NC(=O)[C@@H]2[C@H]3CCCC[C@]32C)ccc1OCc1ccc(Cl)cc1Cl. The van der Waals surface area contributed by atoms with Gasteiger partial charge in [-0.1, -0.05) is 49.0 Å². The molecule has 4 rings (SSSR count). The van der Waals surface area contributed by atoms with Gasteiger partial charge in [-0.05, 0) is 67.0 Å². The summed E-state index contributed by atoms with van der Waals surface area (Å²) in [5, 5.41) is 5.32. The summed E-state index contributed by atoms with van der Waals surface area (Å²) < 4.78 is 11.7. The summed E-state index contributed by atoms with van der Waals surface area (Å²) in [6.07, 6.45) is 6.37. The molecule has 0 aliphatic heterocycles. The van der Waals surface area contributed by atoms with Crippen molar-refractivity contribution in [2.24, 2.45) is 22.4 Å². The molecule has 1 amide bonds. The fourth-order valence-corrected chi connectivity index (χ4v) is 5.34. The largest absolute Gasteiger partial charge is 0.490 e. The van der Waals surface area contributed by atoms with E-state index in [9.17, 15) is 4.79 Å². The van der Waals surface area contributed by atoms with Crippen LogP contribution in [0.4, 0.5) is 0 Å². The lowest BCUT2D eigenvalue weighted by Crippen LogP contribution is -2.22. The van der Waals surface area contributed by atoms with E-state index in [2.05, 4.69) is 17.5 Å². The number of carbonyl (C=O) groups is 1. The van der Waals surface area contributed by atoms with Crippen LogP contribution in [0.25, 0.3) is 0 Å². The predicted molar refractivity (Wildman–Crippen MR) is 128 cm³/mol. The van der Waals surface area contributed by atoms with Crippen LogP contribution >= 0.6 is 23.2 Å². The van der Waals surface area contributed by atoms with Crippen molar-refractivity contribution >= 4 is 35.3 Å². The van der Waals surface area contributed by atoms with Gasteiger partial charge in [0, 0.05) is 21.5 Å². The Kier molecular flexibility index (Phi) is 6.96. The Morgan fingerprint density at radius 2 is 2.03 bits per heavy atom. The number of nitrogens with one attached hydrogen (secondary N) is 1. The van der Waals surface area contributed by atoms with E-state index < -0.39 is 0 Å². The summed E-state index contributed by atoms with van der Waals surface area (Å²) >= 11 is 12.2. The number of halogens is 2. The van der Waals surface area contributed by atoms with E-state index in [-0.39, 0.29) is 17.2 Å². The number of ether oxygens (including phenoxy) is 2. The zero-order valence-electron chi connectivity index (χ0n) is 18.4. The molecule has 0 radical (unpaired) electrons. The molecule has 2 fully saturated rings. The summed E-state index contributed by atoms with van der Waals surface area (Å²) in [5.74, 6) is 1.85. The first-order valence-corrected chi connectivity index (χ1v) is 11.8. The van der Waals surface area contributed by atoms with Gasteiger partial charge in [0.25, 0.3) is 0 Å². The second-order valence-corrected chi connectivity index (χ2v) is 9.58. The van der Waals surface area contributed by atoms with E-state index in [1.165, 1.54) is 12.8 Å². The van der Waals surface area contributed by atoms with Crippen molar-refractivity contribution < 1.29 is 14.3 Å². The maximum atomic E-state index is 12.6. The van der Waals surface area contributed by atoms with E-state index in [0.717, 1.165) is 24.0 Å². The predicted octanol–water partition coefficient (Wildman–Crippen LogP) is 6.25. The highest BCUT2D eigenvalue weighted by molar-refractivity contribution is 6.35. The van der Waals surface area contributed by atoms with Gasteiger partial charge in [-0.3, -0.25) is 4.79 Å². The summed E-state index contributed by atoms with van der Waals surface area (Å²) in [7, 11) is 0. The zero-order chi connectivity index (χ0) is 22.7. The van der Waals surface area contributed by atoms with Gasteiger partial charge < -0.3 is 9.47 Å². The van der Waals surface area contributed by atoms with Crippen molar-refractivity contribution in [3.05, 3.63) is 57.6 Å². The molecule has 1 N–H and O–H groups in total. The molecule has 2 aromatic carbocycles. The minimum absolute atomic E-state index is 0.0282. The Labute approximate surface area is 199 Å². The Balaban J connectivity index is 1.38. The molecule has 2 aliphatic rings. The molecule has 2 saturated carbocycles. The molecular formula is C25H28Cl2N2O3. The van der Waals surface area contributed by atoms with E-state index in [1.807, 2.05) is 31.2 Å². The van der Waals surface area contributed by atoms with Crippen LogP contribution in [0.1, 0.15) is 50.7 Å². The van der Waals surface area contributed by atoms with Crippen LogP contribution in [0, 0.1) is 17.3 Å². The van der Waals surface area contributed by atoms with Crippen molar-refractivity contribution in [2.75, 3.05) is 6.61 Å². The molecule has 32 heavy (non-hydrogen) atoms. The van der Waals surface area contributed by atoms with Gasteiger partial charge in [-0.15, -0.1) is 0 Å². The van der Waals surface area contributed by atoms with Crippen LogP contribution in [0.15, 0.2) is 41.5 Å². The van der Waals surface area contributed by atoms with E-state index >= 15 is 0 Å². The standard InChI is InChI=1S/C25H28Cl2N2O3/c1-3-31-22-12-16(7-10-21(22)32-15-17-8-9-18(26)13-20(17)27)14-28-29-24(30)23-19-6-4-5-11-25(19,23)2/h7-10,12-14,19,23H,3-6,11,15H2,1-2H3,(H,29,30)/b28-14-/t19-,23+,25-/m1/s1.